The summed E-state index contributed by atoms with van der Waals surface area (Å²) >= 11 is 1.54. The average Bonchev–Trinajstić information content (AvgIpc) is 3.14. The summed E-state index contributed by atoms with van der Waals surface area (Å²) in [5, 5.41) is 7.19. The number of ether oxygens (including phenoxy) is 1. The Morgan fingerprint density at radius 3 is 2.71 bits per heavy atom. The molecular weight excluding hydrogens is 326 g/mol. The topological polar surface area (TPSA) is 70.7 Å². The fourth-order valence-electron chi connectivity index (χ4n) is 2.45. The first kappa shape index (κ1) is 16.5. The molecule has 1 saturated heterocycles. The lowest BCUT2D eigenvalue weighted by Gasteiger charge is -2.29. The van der Waals surface area contributed by atoms with E-state index in [1.807, 2.05) is 35.7 Å². The number of anilines is 2. The van der Waals surface area contributed by atoms with Crippen molar-refractivity contribution in [3.63, 3.8) is 0 Å². The van der Waals surface area contributed by atoms with Crippen molar-refractivity contribution < 1.29 is 14.3 Å². The van der Waals surface area contributed by atoms with Crippen molar-refractivity contribution in [2.45, 2.75) is 6.54 Å². The molecule has 0 saturated carbocycles. The number of thiophene rings is 1. The summed E-state index contributed by atoms with van der Waals surface area (Å²) in [7, 11) is 0. The third-order valence-corrected chi connectivity index (χ3v) is 4.57. The minimum absolute atomic E-state index is 0.359. The average molecular weight is 345 g/mol. The third kappa shape index (κ3) is 4.33. The van der Waals surface area contributed by atoms with E-state index in [4.69, 9.17) is 4.74 Å². The first-order valence-corrected chi connectivity index (χ1v) is 8.64. The van der Waals surface area contributed by atoms with E-state index in [1.165, 1.54) is 11.3 Å². The summed E-state index contributed by atoms with van der Waals surface area (Å²) in [6.45, 7) is 3.39. The van der Waals surface area contributed by atoms with E-state index in [-0.39, 0.29) is 0 Å². The molecule has 3 rings (SSSR count). The van der Waals surface area contributed by atoms with Crippen molar-refractivity contribution in [1.82, 2.24) is 5.32 Å². The lowest BCUT2D eigenvalue weighted by molar-refractivity contribution is -0.136. The molecule has 0 bridgehead atoms. The summed E-state index contributed by atoms with van der Waals surface area (Å²) in [5.74, 6) is -1.30. The van der Waals surface area contributed by atoms with E-state index >= 15 is 0 Å². The van der Waals surface area contributed by atoms with Gasteiger partial charge in [0.25, 0.3) is 0 Å². The van der Waals surface area contributed by atoms with Crippen LogP contribution in [0, 0.1) is 0 Å². The fraction of sp³-hybridized carbons (Fsp3) is 0.294. The Hall–Kier alpha value is -2.38. The van der Waals surface area contributed by atoms with Gasteiger partial charge in [0.15, 0.2) is 0 Å². The molecule has 2 aromatic rings. The van der Waals surface area contributed by atoms with Gasteiger partial charge in [-0.1, -0.05) is 12.1 Å². The largest absolute Gasteiger partial charge is 0.378 e. The van der Waals surface area contributed by atoms with Crippen molar-refractivity contribution in [2.75, 3.05) is 36.5 Å². The van der Waals surface area contributed by atoms with Gasteiger partial charge in [-0.2, -0.15) is 0 Å². The third-order valence-electron chi connectivity index (χ3n) is 3.69. The Bertz CT molecular complexity index is 697. The number of hydrogen-bond donors (Lipinski definition) is 2. The van der Waals surface area contributed by atoms with E-state index in [1.54, 1.807) is 6.07 Å². The fourth-order valence-corrected chi connectivity index (χ4v) is 3.10. The van der Waals surface area contributed by atoms with Crippen LogP contribution in [0.5, 0.6) is 0 Å². The Kier molecular flexibility index (Phi) is 5.45. The number of nitrogens with zero attached hydrogens (tertiary/aromatic N) is 1. The van der Waals surface area contributed by atoms with Gasteiger partial charge in [-0.3, -0.25) is 9.59 Å². The van der Waals surface area contributed by atoms with Gasteiger partial charge in [-0.05, 0) is 29.6 Å². The normalized spacial score (nSPS) is 14.2. The molecule has 2 heterocycles. The molecule has 1 aliphatic heterocycles. The van der Waals surface area contributed by atoms with E-state index in [2.05, 4.69) is 15.5 Å². The highest BCUT2D eigenvalue weighted by atomic mass is 32.1. The van der Waals surface area contributed by atoms with E-state index in [9.17, 15) is 9.59 Å². The van der Waals surface area contributed by atoms with E-state index in [0.717, 1.165) is 23.7 Å². The number of morpholine rings is 1. The van der Waals surface area contributed by atoms with Gasteiger partial charge >= 0.3 is 11.8 Å². The minimum Gasteiger partial charge on any atom is -0.378 e. The Balaban J connectivity index is 1.56. The van der Waals surface area contributed by atoms with Crippen LogP contribution in [0.15, 0.2) is 41.8 Å². The molecule has 1 aromatic heterocycles. The number of benzene rings is 1. The van der Waals surface area contributed by atoms with Crippen molar-refractivity contribution in [3.8, 4) is 0 Å². The predicted octanol–water partition coefficient (Wildman–Crippen LogP) is 1.84. The highest BCUT2D eigenvalue weighted by molar-refractivity contribution is 7.09. The Labute approximate surface area is 144 Å². The van der Waals surface area contributed by atoms with Crippen LogP contribution >= 0.6 is 11.3 Å². The van der Waals surface area contributed by atoms with Gasteiger partial charge < -0.3 is 20.3 Å². The van der Waals surface area contributed by atoms with Crippen LogP contribution in [0.3, 0.4) is 0 Å². The van der Waals surface area contributed by atoms with Crippen molar-refractivity contribution in [1.29, 1.82) is 0 Å². The molecule has 0 radical (unpaired) electrons. The lowest BCUT2D eigenvalue weighted by atomic mass is 10.2. The quantitative estimate of drug-likeness (QED) is 0.830. The second-order valence-corrected chi connectivity index (χ2v) is 6.40. The summed E-state index contributed by atoms with van der Waals surface area (Å²) in [6.07, 6.45) is 0. The monoisotopic (exact) mass is 345 g/mol. The van der Waals surface area contributed by atoms with Crippen LogP contribution < -0.4 is 15.5 Å². The second-order valence-electron chi connectivity index (χ2n) is 5.37. The van der Waals surface area contributed by atoms with Gasteiger partial charge in [0.1, 0.15) is 0 Å². The molecule has 2 amide bonds. The summed E-state index contributed by atoms with van der Waals surface area (Å²) in [5.41, 5.74) is 1.62. The predicted molar refractivity (Wildman–Crippen MR) is 94.3 cm³/mol. The zero-order valence-electron chi connectivity index (χ0n) is 13.2. The maximum Gasteiger partial charge on any atom is 0.313 e. The summed E-state index contributed by atoms with van der Waals surface area (Å²) in [4.78, 5) is 27.1. The molecule has 0 spiro atoms. The smallest absolute Gasteiger partial charge is 0.313 e. The first-order valence-electron chi connectivity index (χ1n) is 7.77. The molecule has 7 heteroatoms. The maximum absolute atomic E-state index is 12.0. The van der Waals surface area contributed by atoms with Gasteiger partial charge in [0.2, 0.25) is 0 Å². The van der Waals surface area contributed by atoms with Crippen LogP contribution in [0.4, 0.5) is 11.4 Å². The number of amides is 2. The molecule has 1 fully saturated rings. The van der Waals surface area contributed by atoms with Crippen molar-refractivity contribution >= 4 is 34.5 Å². The molecule has 1 aromatic carbocycles. The zero-order chi connectivity index (χ0) is 16.8. The van der Waals surface area contributed by atoms with Crippen molar-refractivity contribution in [3.05, 3.63) is 46.7 Å². The number of hydrogen-bond acceptors (Lipinski definition) is 5. The lowest BCUT2D eigenvalue weighted by Crippen LogP contribution is -2.36. The minimum atomic E-state index is -0.661. The molecule has 0 unspecified atom stereocenters. The maximum atomic E-state index is 12.0. The highest BCUT2D eigenvalue weighted by Gasteiger charge is 2.15. The Morgan fingerprint density at radius 1 is 1.12 bits per heavy atom. The van der Waals surface area contributed by atoms with E-state index in [0.29, 0.717) is 25.4 Å². The number of nitrogens with one attached hydrogen (secondary N) is 2. The van der Waals surface area contributed by atoms with E-state index < -0.39 is 11.8 Å². The molecule has 24 heavy (non-hydrogen) atoms. The van der Waals surface area contributed by atoms with Crippen molar-refractivity contribution in [2.24, 2.45) is 0 Å². The molecule has 126 valence electrons. The summed E-state index contributed by atoms with van der Waals surface area (Å²) in [6, 6.07) is 11.3. The molecule has 6 nitrogen and oxygen atoms in total. The van der Waals surface area contributed by atoms with Crippen LogP contribution in [0.2, 0.25) is 0 Å². The van der Waals surface area contributed by atoms with Crippen LogP contribution in [-0.2, 0) is 20.9 Å². The first-order chi connectivity index (χ1) is 11.7. The number of carbonyl (C=O) groups excluding carboxylic acids is 2. The SMILES string of the molecule is O=C(NCc1cccs1)C(=O)Nc1cccc(N2CCOCC2)c1. The second kappa shape index (κ2) is 7.94. The van der Waals surface area contributed by atoms with Gasteiger partial charge in [0, 0.05) is 29.3 Å². The highest BCUT2D eigenvalue weighted by Crippen LogP contribution is 2.20. The van der Waals surface area contributed by atoms with Crippen LogP contribution in [-0.4, -0.2) is 38.1 Å². The molecule has 0 aliphatic carbocycles. The standard InChI is InChI=1S/C17H19N3O3S/c21-16(18-12-15-5-2-10-24-15)17(22)19-13-3-1-4-14(11-13)20-6-8-23-9-7-20/h1-5,10-11H,6-9,12H2,(H,18,21)(H,19,22). The molecule has 1 aliphatic rings. The summed E-state index contributed by atoms with van der Waals surface area (Å²) < 4.78 is 5.34. The number of carbonyl (C=O) groups is 2. The Morgan fingerprint density at radius 2 is 1.96 bits per heavy atom. The van der Waals surface area contributed by atoms with Gasteiger partial charge in [-0.25, -0.2) is 0 Å². The van der Waals surface area contributed by atoms with Crippen LogP contribution in [0.25, 0.3) is 0 Å². The van der Waals surface area contributed by atoms with Gasteiger partial charge in [-0.15, -0.1) is 11.3 Å². The number of rotatable bonds is 4. The molecule has 2 N–H and O–H groups in total. The molecular formula is C17H19N3O3S. The molecule has 0 atom stereocenters. The van der Waals surface area contributed by atoms with Gasteiger partial charge in [0.05, 0.1) is 19.8 Å². The van der Waals surface area contributed by atoms with Crippen LogP contribution in [0.1, 0.15) is 4.88 Å². The zero-order valence-corrected chi connectivity index (χ0v) is 14.0.